The van der Waals surface area contributed by atoms with E-state index in [9.17, 15) is 19.5 Å². The van der Waals surface area contributed by atoms with E-state index in [1.54, 1.807) is 6.08 Å². The Labute approximate surface area is 243 Å². The first-order valence-electron chi connectivity index (χ1n) is 15.9. The highest BCUT2D eigenvalue weighted by molar-refractivity contribution is 5.85. The van der Waals surface area contributed by atoms with Gasteiger partial charge in [-0.3, -0.25) is 4.79 Å². The van der Waals surface area contributed by atoms with Crippen molar-refractivity contribution in [2.24, 2.45) is 34.5 Å². The van der Waals surface area contributed by atoms with Crippen LogP contribution in [0.2, 0.25) is 0 Å². The number of carbonyl (C=O) groups is 3. The lowest BCUT2D eigenvalue weighted by Crippen LogP contribution is -2.62. The lowest BCUT2D eigenvalue weighted by molar-refractivity contribution is -0.208. The zero-order chi connectivity index (χ0) is 29.2. The molecule has 9 unspecified atom stereocenters. The third kappa shape index (κ3) is 4.79. The lowest BCUT2D eigenvalue weighted by Gasteiger charge is -2.63. The number of nitrogens with zero attached hydrogens (tertiary/aromatic N) is 2. The summed E-state index contributed by atoms with van der Waals surface area (Å²) in [5.74, 6) is -0.0552. The molecule has 4 saturated carbocycles. The van der Waals surface area contributed by atoms with Gasteiger partial charge in [0.25, 0.3) is 0 Å². The molecule has 41 heavy (non-hydrogen) atoms. The van der Waals surface area contributed by atoms with Crippen molar-refractivity contribution in [2.45, 2.75) is 96.4 Å². The summed E-state index contributed by atoms with van der Waals surface area (Å²) >= 11 is 0. The van der Waals surface area contributed by atoms with Crippen LogP contribution in [-0.4, -0.2) is 90.6 Å². The van der Waals surface area contributed by atoms with Crippen LogP contribution in [0.15, 0.2) is 11.6 Å². The van der Waals surface area contributed by atoms with E-state index >= 15 is 0 Å². The standard InChI is InChI=1S/C32H48N2O7/c1-20(35)40-26-18-32(38)25-7-6-22-17-23(41-29(37)34-13-5-12-33(4)14-15-34)8-10-30(22,2)24(25)9-11-31(32,3)28(26)21-16-27(36)39-19-21/h16,22-26,28,38H,5-15,17-19H2,1-4H3. The van der Waals surface area contributed by atoms with E-state index in [1.807, 2.05) is 4.90 Å². The Morgan fingerprint density at radius 1 is 1.02 bits per heavy atom. The molecule has 228 valence electrons. The Morgan fingerprint density at radius 3 is 2.56 bits per heavy atom. The quantitative estimate of drug-likeness (QED) is 0.401. The Hall–Kier alpha value is -2.13. The fourth-order valence-corrected chi connectivity index (χ4v) is 10.3. The minimum Gasteiger partial charge on any atom is -0.462 e. The molecule has 1 saturated heterocycles. The van der Waals surface area contributed by atoms with Gasteiger partial charge in [0.2, 0.25) is 0 Å². The molecule has 9 heteroatoms. The van der Waals surface area contributed by atoms with Gasteiger partial charge in [-0.05, 0) is 93.7 Å². The zero-order valence-corrected chi connectivity index (χ0v) is 25.2. The van der Waals surface area contributed by atoms with Crippen molar-refractivity contribution >= 4 is 18.0 Å². The Bertz CT molecular complexity index is 1110. The molecule has 5 fully saturated rings. The first-order chi connectivity index (χ1) is 19.4. The number of likely N-dealkylation sites (N-methyl/N-ethyl adjacent to an activating group) is 1. The van der Waals surface area contributed by atoms with Crippen LogP contribution >= 0.6 is 0 Å². The summed E-state index contributed by atoms with van der Waals surface area (Å²) in [5.41, 5.74) is -0.596. The van der Waals surface area contributed by atoms with Gasteiger partial charge in [-0.2, -0.15) is 0 Å². The molecule has 0 aromatic rings. The highest BCUT2D eigenvalue weighted by atomic mass is 16.6. The van der Waals surface area contributed by atoms with E-state index in [2.05, 4.69) is 25.8 Å². The fourth-order valence-electron chi connectivity index (χ4n) is 10.3. The summed E-state index contributed by atoms with van der Waals surface area (Å²) < 4.78 is 17.2. The Kier molecular flexibility index (Phi) is 7.45. The third-order valence-corrected chi connectivity index (χ3v) is 12.4. The number of aliphatic hydroxyl groups is 1. The monoisotopic (exact) mass is 572 g/mol. The fraction of sp³-hybridized carbons (Fsp3) is 0.844. The Morgan fingerprint density at radius 2 is 1.83 bits per heavy atom. The van der Waals surface area contributed by atoms with Crippen molar-refractivity contribution in [3.63, 3.8) is 0 Å². The zero-order valence-electron chi connectivity index (χ0n) is 25.2. The number of carbonyl (C=O) groups excluding carboxylic acids is 3. The SMILES string of the molecule is CC(=O)OC1CC2(O)C3CCC4CC(OC(=O)N5CCCN(C)CC5)CCC4(C)C3CCC2(C)C1C1=CC(=O)OC1. The van der Waals surface area contributed by atoms with Crippen LogP contribution < -0.4 is 0 Å². The lowest BCUT2D eigenvalue weighted by atomic mass is 9.43. The van der Waals surface area contributed by atoms with Crippen molar-refractivity contribution in [1.82, 2.24) is 9.80 Å². The van der Waals surface area contributed by atoms with Gasteiger partial charge in [0, 0.05) is 50.4 Å². The van der Waals surface area contributed by atoms with E-state index in [-0.39, 0.29) is 48.0 Å². The van der Waals surface area contributed by atoms with Gasteiger partial charge >= 0.3 is 18.0 Å². The van der Waals surface area contributed by atoms with Crippen LogP contribution in [0.1, 0.15) is 78.6 Å². The van der Waals surface area contributed by atoms with Crippen molar-refractivity contribution in [1.29, 1.82) is 0 Å². The van der Waals surface area contributed by atoms with Gasteiger partial charge in [-0.15, -0.1) is 0 Å². The molecule has 1 amide bonds. The molecule has 6 aliphatic rings. The van der Waals surface area contributed by atoms with Crippen LogP contribution in [0.25, 0.3) is 0 Å². The molecule has 0 radical (unpaired) electrons. The highest BCUT2D eigenvalue weighted by Crippen LogP contribution is 2.70. The van der Waals surface area contributed by atoms with E-state index in [4.69, 9.17) is 14.2 Å². The molecule has 0 spiro atoms. The van der Waals surface area contributed by atoms with E-state index < -0.39 is 17.1 Å². The van der Waals surface area contributed by atoms with Gasteiger partial charge in [-0.1, -0.05) is 13.8 Å². The highest BCUT2D eigenvalue weighted by Gasteiger charge is 2.71. The van der Waals surface area contributed by atoms with Crippen molar-refractivity contribution in [2.75, 3.05) is 39.8 Å². The smallest absolute Gasteiger partial charge is 0.410 e. The predicted molar refractivity (Wildman–Crippen MR) is 151 cm³/mol. The van der Waals surface area contributed by atoms with Crippen molar-refractivity contribution < 1.29 is 33.7 Å². The second-order valence-corrected chi connectivity index (χ2v) is 14.5. The van der Waals surface area contributed by atoms with Gasteiger partial charge in [0.1, 0.15) is 18.8 Å². The van der Waals surface area contributed by atoms with Crippen molar-refractivity contribution in [3.05, 3.63) is 11.6 Å². The first kappa shape index (κ1) is 29.0. The Balaban J connectivity index is 1.18. The minimum absolute atomic E-state index is 0.0499. The number of hydrogen-bond donors (Lipinski definition) is 1. The summed E-state index contributed by atoms with van der Waals surface area (Å²) in [7, 11) is 2.10. The number of hydrogen-bond acceptors (Lipinski definition) is 8. The summed E-state index contributed by atoms with van der Waals surface area (Å²) in [6.07, 6.45) is 8.66. The summed E-state index contributed by atoms with van der Waals surface area (Å²) in [6.45, 7) is 9.54. The van der Waals surface area contributed by atoms with Gasteiger partial charge in [0.15, 0.2) is 0 Å². The van der Waals surface area contributed by atoms with Gasteiger partial charge < -0.3 is 29.1 Å². The summed E-state index contributed by atoms with van der Waals surface area (Å²) in [5, 5.41) is 12.7. The van der Waals surface area contributed by atoms with Crippen LogP contribution in [-0.2, 0) is 23.8 Å². The van der Waals surface area contributed by atoms with E-state index in [0.29, 0.717) is 18.3 Å². The second-order valence-electron chi connectivity index (χ2n) is 14.5. The van der Waals surface area contributed by atoms with E-state index in [1.165, 1.54) is 6.92 Å². The number of ether oxygens (including phenoxy) is 3. The molecule has 9 atom stereocenters. The van der Waals surface area contributed by atoms with Crippen molar-refractivity contribution in [3.8, 4) is 0 Å². The second kappa shape index (κ2) is 10.5. The van der Waals surface area contributed by atoms with Crippen LogP contribution in [0.3, 0.4) is 0 Å². The molecule has 0 aromatic carbocycles. The average molecular weight is 573 g/mol. The maximum atomic E-state index is 13.0. The molecule has 2 heterocycles. The predicted octanol–water partition coefficient (Wildman–Crippen LogP) is 3.93. The minimum atomic E-state index is -0.996. The number of fused-ring (bicyclic) bond motifs is 5. The number of cyclic esters (lactones) is 1. The molecule has 6 rings (SSSR count). The molecule has 0 aromatic heterocycles. The maximum Gasteiger partial charge on any atom is 0.410 e. The first-order valence-corrected chi connectivity index (χ1v) is 15.9. The van der Waals surface area contributed by atoms with Gasteiger partial charge in [-0.25, -0.2) is 9.59 Å². The van der Waals surface area contributed by atoms with Crippen LogP contribution in [0.4, 0.5) is 4.79 Å². The van der Waals surface area contributed by atoms with Gasteiger partial charge in [0.05, 0.1) is 5.60 Å². The summed E-state index contributed by atoms with van der Waals surface area (Å²) in [4.78, 5) is 41.3. The average Bonchev–Trinajstić information content (AvgIpc) is 3.32. The number of esters is 2. The van der Waals surface area contributed by atoms with Crippen LogP contribution in [0, 0.1) is 34.5 Å². The number of rotatable bonds is 3. The third-order valence-electron chi connectivity index (χ3n) is 12.4. The van der Waals surface area contributed by atoms with E-state index in [0.717, 1.165) is 83.1 Å². The largest absolute Gasteiger partial charge is 0.462 e. The molecule has 1 N–H and O–H groups in total. The molecule has 9 nitrogen and oxygen atoms in total. The summed E-state index contributed by atoms with van der Waals surface area (Å²) in [6, 6.07) is 0. The van der Waals surface area contributed by atoms with Crippen LogP contribution in [0.5, 0.6) is 0 Å². The molecular weight excluding hydrogens is 524 g/mol. The number of amides is 1. The maximum absolute atomic E-state index is 13.0. The molecule has 4 aliphatic carbocycles. The molecule has 0 bridgehead atoms. The molecule has 2 aliphatic heterocycles. The molecular formula is C32H48N2O7. The normalized spacial score (nSPS) is 44.6. The topological polar surface area (TPSA) is 106 Å².